The highest BCUT2D eigenvalue weighted by Crippen LogP contribution is 2.20. The van der Waals surface area contributed by atoms with E-state index in [1.807, 2.05) is 12.1 Å². The maximum absolute atomic E-state index is 11.9. The zero-order chi connectivity index (χ0) is 15.7. The molecule has 0 radical (unpaired) electrons. The molecule has 0 fully saturated rings. The average molecular weight is 312 g/mol. The van der Waals surface area contributed by atoms with Crippen LogP contribution in [-0.2, 0) is 14.3 Å². The van der Waals surface area contributed by atoms with Crippen molar-refractivity contribution in [2.24, 2.45) is 0 Å². The summed E-state index contributed by atoms with van der Waals surface area (Å²) >= 11 is 5.86. The van der Waals surface area contributed by atoms with Crippen LogP contribution >= 0.6 is 11.6 Å². The second kappa shape index (κ2) is 9.40. The lowest BCUT2D eigenvalue weighted by Crippen LogP contribution is -2.30. The molecule has 1 aromatic carbocycles. The molecule has 1 amide bonds. The molecule has 116 valence electrons. The van der Waals surface area contributed by atoms with Gasteiger partial charge < -0.3 is 10.1 Å². The Kier molecular flexibility index (Phi) is 7.83. The van der Waals surface area contributed by atoms with Gasteiger partial charge in [-0.3, -0.25) is 9.59 Å². The van der Waals surface area contributed by atoms with Crippen LogP contribution < -0.4 is 5.32 Å². The van der Waals surface area contributed by atoms with Crippen LogP contribution in [0.15, 0.2) is 24.3 Å². The van der Waals surface area contributed by atoms with E-state index in [0.29, 0.717) is 11.4 Å². The molecule has 0 aliphatic carbocycles. The highest BCUT2D eigenvalue weighted by molar-refractivity contribution is 6.30. The summed E-state index contributed by atoms with van der Waals surface area (Å²) in [6.45, 7) is 2.09. The third-order valence-electron chi connectivity index (χ3n) is 3.21. The topological polar surface area (TPSA) is 55.4 Å². The number of rotatable bonds is 8. The Labute approximate surface area is 130 Å². The van der Waals surface area contributed by atoms with Crippen molar-refractivity contribution < 1.29 is 14.3 Å². The number of carbonyl (C=O) groups is 2. The molecule has 1 aromatic rings. The summed E-state index contributed by atoms with van der Waals surface area (Å²) in [7, 11) is 1.34. The van der Waals surface area contributed by atoms with Gasteiger partial charge in [0.15, 0.2) is 0 Å². The minimum absolute atomic E-state index is 0.0488. The molecule has 0 heterocycles. The molecule has 4 nitrogen and oxygen atoms in total. The van der Waals surface area contributed by atoms with Crippen LogP contribution in [-0.4, -0.2) is 19.0 Å². The fourth-order valence-corrected chi connectivity index (χ4v) is 2.13. The van der Waals surface area contributed by atoms with E-state index in [1.165, 1.54) is 7.11 Å². The van der Waals surface area contributed by atoms with Crippen molar-refractivity contribution in [2.45, 2.75) is 45.1 Å². The summed E-state index contributed by atoms with van der Waals surface area (Å²) in [4.78, 5) is 23.5. The van der Waals surface area contributed by atoms with Gasteiger partial charge >= 0.3 is 5.97 Å². The van der Waals surface area contributed by atoms with E-state index in [9.17, 15) is 9.59 Å². The number of unbranched alkanes of at least 4 members (excludes halogenated alkanes) is 2. The Morgan fingerprint density at radius 2 is 1.90 bits per heavy atom. The number of hydrogen-bond donors (Lipinski definition) is 1. The Bertz CT molecular complexity index is 459. The Morgan fingerprint density at radius 3 is 2.48 bits per heavy atom. The minimum Gasteiger partial charge on any atom is -0.469 e. The molecule has 21 heavy (non-hydrogen) atoms. The number of ether oxygens (including phenoxy) is 1. The van der Waals surface area contributed by atoms with Gasteiger partial charge in [0.2, 0.25) is 5.91 Å². The molecule has 0 saturated carbocycles. The van der Waals surface area contributed by atoms with Gasteiger partial charge in [-0.2, -0.15) is 0 Å². The summed E-state index contributed by atoms with van der Waals surface area (Å²) in [6, 6.07) is 6.71. The summed E-state index contributed by atoms with van der Waals surface area (Å²) in [6.07, 6.45) is 3.52. The van der Waals surface area contributed by atoms with Gasteiger partial charge in [0.25, 0.3) is 0 Å². The maximum atomic E-state index is 11.9. The first-order valence-corrected chi connectivity index (χ1v) is 7.56. The summed E-state index contributed by atoms with van der Waals surface area (Å²) in [5, 5.41) is 3.51. The molecule has 1 N–H and O–H groups in total. The fraction of sp³-hybridized carbons (Fsp3) is 0.500. The van der Waals surface area contributed by atoms with Crippen molar-refractivity contribution in [3.63, 3.8) is 0 Å². The first-order valence-electron chi connectivity index (χ1n) is 7.18. The number of esters is 1. The van der Waals surface area contributed by atoms with E-state index in [2.05, 4.69) is 17.0 Å². The van der Waals surface area contributed by atoms with E-state index in [4.69, 9.17) is 11.6 Å². The monoisotopic (exact) mass is 311 g/mol. The van der Waals surface area contributed by atoms with Gasteiger partial charge in [-0.05, 0) is 24.1 Å². The molecule has 1 rings (SSSR count). The first-order chi connectivity index (χ1) is 10.1. The predicted molar refractivity (Wildman–Crippen MR) is 83.1 cm³/mol. The normalized spacial score (nSPS) is 11.8. The molecule has 0 aliphatic heterocycles. The standard InChI is InChI=1S/C16H22ClNO3/c1-3-4-5-6-15(19)18-14(11-16(20)21-2)12-7-9-13(17)10-8-12/h7-10,14H,3-6,11H2,1-2H3,(H,18,19). The number of amides is 1. The Hall–Kier alpha value is -1.55. The molecule has 1 unspecified atom stereocenters. The molecule has 0 aliphatic rings. The number of halogens is 1. The van der Waals surface area contributed by atoms with Crippen LogP contribution in [0, 0.1) is 0 Å². The van der Waals surface area contributed by atoms with Crippen LogP contribution in [0.3, 0.4) is 0 Å². The maximum Gasteiger partial charge on any atom is 0.307 e. The van der Waals surface area contributed by atoms with Gasteiger partial charge in [0, 0.05) is 11.4 Å². The number of hydrogen-bond acceptors (Lipinski definition) is 3. The van der Waals surface area contributed by atoms with E-state index >= 15 is 0 Å². The first kappa shape index (κ1) is 17.5. The number of carbonyl (C=O) groups excluding carboxylic acids is 2. The van der Waals surface area contributed by atoms with Gasteiger partial charge in [-0.15, -0.1) is 0 Å². The van der Waals surface area contributed by atoms with Gasteiger partial charge in [-0.1, -0.05) is 43.5 Å². The Morgan fingerprint density at radius 1 is 1.24 bits per heavy atom. The summed E-state index contributed by atoms with van der Waals surface area (Å²) in [5.41, 5.74) is 0.841. The van der Waals surface area contributed by atoms with Gasteiger partial charge in [0.05, 0.1) is 19.6 Å². The third-order valence-corrected chi connectivity index (χ3v) is 3.47. The number of methoxy groups -OCH3 is 1. The van der Waals surface area contributed by atoms with Crippen molar-refractivity contribution in [1.29, 1.82) is 0 Å². The van der Waals surface area contributed by atoms with Gasteiger partial charge in [0.1, 0.15) is 0 Å². The van der Waals surface area contributed by atoms with Gasteiger partial charge in [-0.25, -0.2) is 0 Å². The third kappa shape index (κ3) is 6.63. The van der Waals surface area contributed by atoms with Crippen LogP contribution in [0.25, 0.3) is 0 Å². The smallest absolute Gasteiger partial charge is 0.307 e. The second-order valence-electron chi connectivity index (χ2n) is 4.91. The highest BCUT2D eigenvalue weighted by Gasteiger charge is 2.18. The largest absolute Gasteiger partial charge is 0.469 e. The summed E-state index contributed by atoms with van der Waals surface area (Å²) in [5.74, 6) is -0.406. The van der Waals surface area contributed by atoms with Crippen molar-refractivity contribution in [1.82, 2.24) is 5.32 Å². The Balaban J connectivity index is 2.70. The van der Waals surface area contributed by atoms with Crippen LogP contribution in [0.1, 0.15) is 50.6 Å². The molecule has 0 bridgehead atoms. The molecular weight excluding hydrogens is 290 g/mol. The molecule has 0 spiro atoms. The number of nitrogens with one attached hydrogen (secondary N) is 1. The van der Waals surface area contributed by atoms with E-state index < -0.39 is 0 Å². The van der Waals surface area contributed by atoms with E-state index in [1.54, 1.807) is 12.1 Å². The van der Waals surface area contributed by atoms with E-state index in [-0.39, 0.29) is 24.3 Å². The van der Waals surface area contributed by atoms with Crippen LogP contribution in [0.5, 0.6) is 0 Å². The zero-order valence-corrected chi connectivity index (χ0v) is 13.3. The lowest BCUT2D eigenvalue weighted by atomic mass is 10.0. The number of benzene rings is 1. The molecule has 0 saturated heterocycles. The van der Waals surface area contributed by atoms with Crippen LogP contribution in [0.4, 0.5) is 0 Å². The minimum atomic E-state index is -0.385. The zero-order valence-electron chi connectivity index (χ0n) is 12.5. The predicted octanol–water partition coefficient (Wildman–Crippen LogP) is 3.64. The molecule has 0 aromatic heterocycles. The quantitative estimate of drug-likeness (QED) is 0.589. The van der Waals surface area contributed by atoms with Crippen molar-refractivity contribution >= 4 is 23.5 Å². The molecule has 5 heteroatoms. The second-order valence-corrected chi connectivity index (χ2v) is 5.35. The van der Waals surface area contributed by atoms with Crippen molar-refractivity contribution in [2.75, 3.05) is 7.11 Å². The highest BCUT2D eigenvalue weighted by atomic mass is 35.5. The summed E-state index contributed by atoms with van der Waals surface area (Å²) < 4.78 is 4.69. The lowest BCUT2D eigenvalue weighted by Gasteiger charge is -2.18. The van der Waals surface area contributed by atoms with Crippen molar-refractivity contribution in [3.8, 4) is 0 Å². The fourth-order valence-electron chi connectivity index (χ4n) is 2.00. The van der Waals surface area contributed by atoms with Crippen molar-refractivity contribution in [3.05, 3.63) is 34.9 Å². The van der Waals surface area contributed by atoms with Crippen LogP contribution in [0.2, 0.25) is 5.02 Å². The SMILES string of the molecule is CCCCCC(=O)NC(CC(=O)OC)c1ccc(Cl)cc1. The molecular formula is C16H22ClNO3. The lowest BCUT2D eigenvalue weighted by molar-refractivity contribution is -0.141. The average Bonchev–Trinajstić information content (AvgIpc) is 2.47. The van der Waals surface area contributed by atoms with E-state index in [0.717, 1.165) is 24.8 Å². The molecule has 1 atom stereocenters.